The fraction of sp³-hybridized carbons (Fsp3) is 0.190. The monoisotopic (exact) mass is 451 g/mol. The quantitative estimate of drug-likeness (QED) is 0.368. The molecule has 0 fully saturated rings. The Balaban J connectivity index is 1.83. The SMILES string of the molecule is Cc1ccc(NC(=O)C(C)Sc2nc(-c3ccccc3)cc(C(F)(F)F)n2)cc1Cl. The average Bonchev–Trinajstić information content (AvgIpc) is 2.70. The van der Waals surface area contributed by atoms with E-state index in [1.54, 1.807) is 55.5 Å². The summed E-state index contributed by atoms with van der Waals surface area (Å²) in [6, 6.07) is 14.5. The van der Waals surface area contributed by atoms with Crippen molar-refractivity contribution >= 4 is 35.0 Å². The van der Waals surface area contributed by atoms with Crippen molar-refractivity contribution in [2.45, 2.75) is 30.4 Å². The fourth-order valence-corrected chi connectivity index (χ4v) is 3.47. The topological polar surface area (TPSA) is 54.9 Å². The highest BCUT2D eigenvalue weighted by atomic mass is 35.5. The Hall–Kier alpha value is -2.58. The van der Waals surface area contributed by atoms with Crippen molar-refractivity contribution in [2.75, 3.05) is 5.32 Å². The number of amides is 1. The van der Waals surface area contributed by atoms with Crippen LogP contribution in [0.1, 0.15) is 18.2 Å². The summed E-state index contributed by atoms with van der Waals surface area (Å²) < 4.78 is 40.0. The summed E-state index contributed by atoms with van der Waals surface area (Å²) in [5.41, 5.74) is 0.967. The molecule has 1 heterocycles. The van der Waals surface area contributed by atoms with Crippen molar-refractivity contribution in [3.8, 4) is 11.3 Å². The van der Waals surface area contributed by atoms with Crippen molar-refractivity contribution in [3.05, 3.63) is 70.9 Å². The molecule has 0 saturated heterocycles. The predicted molar refractivity (Wildman–Crippen MR) is 113 cm³/mol. The third kappa shape index (κ3) is 5.52. The molecule has 1 atom stereocenters. The van der Waals surface area contributed by atoms with Gasteiger partial charge >= 0.3 is 6.18 Å². The van der Waals surface area contributed by atoms with Gasteiger partial charge in [-0.3, -0.25) is 4.79 Å². The molecule has 0 aliphatic carbocycles. The van der Waals surface area contributed by atoms with E-state index in [4.69, 9.17) is 11.6 Å². The second kappa shape index (κ2) is 9.06. The number of aryl methyl sites for hydroxylation is 1. The zero-order valence-corrected chi connectivity index (χ0v) is 17.6. The molecular weight excluding hydrogens is 435 g/mol. The largest absolute Gasteiger partial charge is 0.433 e. The molecule has 3 aromatic rings. The lowest BCUT2D eigenvalue weighted by atomic mass is 10.1. The standard InChI is InChI=1S/C21H17ClF3N3OS/c1-12-8-9-15(10-16(12)22)26-19(29)13(2)30-20-27-17(14-6-4-3-5-7-14)11-18(28-20)21(23,24)25/h3-11,13H,1-2H3,(H,26,29). The normalized spacial score (nSPS) is 12.5. The molecule has 0 aliphatic heterocycles. The van der Waals surface area contributed by atoms with E-state index in [2.05, 4.69) is 15.3 Å². The molecule has 30 heavy (non-hydrogen) atoms. The molecular formula is C21H17ClF3N3OS. The Morgan fingerprint density at radius 1 is 1.10 bits per heavy atom. The third-order valence-corrected chi connectivity index (χ3v) is 5.52. The van der Waals surface area contributed by atoms with Crippen molar-refractivity contribution in [3.63, 3.8) is 0 Å². The summed E-state index contributed by atoms with van der Waals surface area (Å²) in [5.74, 6) is -0.401. The maximum absolute atomic E-state index is 13.3. The Labute approximate surface area is 180 Å². The van der Waals surface area contributed by atoms with Gasteiger partial charge in [-0.2, -0.15) is 13.2 Å². The van der Waals surface area contributed by atoms with Crippen molar-refractivity contribution in [1.29, 1.82) is 0 Å². The van der Waals surface area contributed by atoms with E-state index in [1.165, 1.54) is 0 Å². The molecule has 0 bridgehead atoms. The van der Waals surface area contributed by atoms with Gasteiger partial charge < -0.3 is 5.32 Å². The number of carbonyl (C=O) groups excluding carboxylic acids is 1. The molecule has 0 radical (unpaired) electrons. The average molecular weight is 452 g/mol. The van der Waals surface area contributed by atoms with Gasteiger partial charge in [-0.25, -0.2) is 9.97 Å². The van der Waals surface area contributed by atoms with Crippen LogP contribution in [0.2, 0.25) is 5.02 Å². The van der Waals surface area contributed by atoms with Crippen LogP contribution in [0.5, 0.6) is 0 Å². The zero-order chi connectivity index (χ0) is 21.9. The van der Waals surface area contributed by atoms with Crippen LogP contribution in [0, 0.1) is 6.92 Å². The van der Waals surface area contributed by atoms with E-state index >= 15 is 0 Å². The van der Waals surface area contributed by atoms with Gasteiger partial charge in [0.1, 0.15) is 5.69 Å². The van der Waals surface area contributed by atoms with E-state index in [1.807, 2.05) is 6.92 Å². The number of rotatable bonds is 5. The van der Waals surface area contributed by atoms with Crippen LogP contribution in [-0.2, 0) is 11.0 Å². The van der Waals surface area contributed by atoms with Crippen molar-refractivity contribution in [1.82, 2.24) is 9.97 Å². The number of nitrogens with zero attached hydrogens (tertiary/aromatic N) is 2. The molecule has 2 aromatic carbocycles. The van der Waals surface area contributed by atoms with Crippen LogP contribution in [0.4, 0.5) is 18.9 Å². The zero-order valence-electron chi connectivity index (χ0n) is 16.0. The van der Waals surface area contributed by atoms with Gasteiger partial charge in [0.15, 0.2) is 5.16 Å². The lowest BCUT2D eigenvalue weighted by Crippen LogP contribution is -2.23. The second-order valence-electron chi connectivity index (χ2n) is 6.50. The highest BCUT2D eigenvalue weighted by Gasteiger charge is 2.34. The molecule has 4 nitrogen and oxygen atoms in total. The van der Waals surface area contributed by atoms with Crippen LogP contribution >= 0.6 is 23.4 Å². The molecule has 1 unspecified atom stereocenters. The highest BCUT2D eigenvalue weighted by molar-refractivity contribution is 8.00. The maximum atomic E-state index is 13.3. The molecule has 0 spiro atoms. The Bertz CT molecular complexity index is 1060. The number of anilines is 1. The van der Waals surface area contributed by atoms with E-state index in [9.17, 15) is 18.0 Å². The Morgan fingerprint density at radius 2 is 1.80 bits per heavy atom. The first-order chi connectivity index (χ1) is 14.1. The minimum atomic E-state index is -4.63. The van der Waals surface area contributed by atoms with E-state index in [-0.39, 0.29) is 10.9 Å². The molecule has 1 aromatic heterocycles. The number of nitrogens with one attached hydrogen (secondary N) is 1. The number of alkyl halides is 3. The van der Waals surface area contributed by atoms with Gasteiger partial charge in [-0.05, 0) is 37.6 Å². The summed E-state index contributed by atoms with van der Waals surface area (Å²) >= 11 is 6.91. The van der Waals surface area contributed by atoms with Gasteiger partial charge in [0.25, 0.3) is 0 Å². The molecule has 1 N–H and O–H groups in total. The molecule has 1 amide bonds. The molecule has 0 saturated carbocycles. The molecule has 0 aliphatic rings. The smallest absolute Gasteiger partial charge is 0.325 e. The first-order valence-corrected chi connectivity index (χ1v) is 10.1. The van der Waals surface area contributed by atoms with Crippen LogP contribution < -0.4 is 5.32 Å². The number of hydrogen-bond acceptors (Lipinski definition) is 4. The van der Waals surface area contributed by atoms with Crippen molar-refractivity contribution in [2.24, 2.45) is 0 Å². The van der Waals surface area contributed by atoms with Gasteiger partial charge in [0, 0.05) is 16.3 Å². The first-order valence-electron chi connectivity index (χ1n) is 8.89. The van der Waals surface area contributed by atoms with E-state index in [0.29, 0.717) is 16.3 Å². The number of hydrogen-bond donors (Lipinski definition) is 1. The maximum Gasteiger partial charge on any atom is 0.433 e. The lowest BCUT2D eigenvalue weighted by molar-refractivity contribution is -0.141. The number of benzene rings is 2. The summed E-state index contributed by atoms with van der Waals surface area (Å²) in [6.07, 6.45) is -4.63. The summed E-state index contributed by atoms with van der Waals surface area (Å²) in [7, 11) is 0. The van der Waals surface area contributed by atoms with Crippen LogP contribution in [0.15, 0.2) is 59.8 Å². The van der Waals surface area contributed by atoms with E-state index in [0.717, 1.165) is 23.4 Å². The summed E-state index contributed by atoms with van der Waals surface area (Å²) in [4.78, 5) is 20.3. The number of halogens is 4. The Morgan fingerprint density at radius 3 is 2.43 bits per heavy atom. The summed E-state index contributed by atoms with van der Waals surface area (Å²) in [6.45, 7) is 3.41. The second-order valence-corrected chi connectivity index (χ2v) is 8.21. The van der Waals surface area contributed by atoms with Gasteiger partial charge in [-0.1, -0.05) is 59.8 Å². The predicted octanol–water partition coefficient (Wildman–Crippen LogP) is 6.24. The lowest BCUT2D eigenvalue weighted by Gasteiger charge is -2.14. The molecule has 9 heteroatoms. The number of thioether (sulfide) groups is 1. The van der Waals surface area contributed by atoms with E-state index < -0.39 is 23.0 Å². The van der Waals surface area contributed by atoms with Crippen LogP contribution in [0.25, 0.3) is 11.3 Å². The summed E-state index contributed by atoms with van der Waals surface area (Å²) in [5, 5.41) is 2.33. The molecule has 3 rings (SSSR count). The number of carbonyl (C=O) groups is 1. The minimum Gasteiger partial charge on any atom is -0.325 e. The van der Waals surface area contributed by atoms with Crippen LogP contribution in [0.3, 0.4) is 0 Å². The van der Waals surface area contributed by atoms with Gasteiger partial charge in [-0.15, -0.1) is 0 Å². The molecule has 156 valence electrons. The fourth-order valence-electron chi connectivity index (χ4n) is 2.51. The third-order valence-electron chi connectivity index (χ3n) is 4.16. The van der Waals surface area contributed by atoms with Gasteiger partial charge in [0.05, 0.1) is 10.9 Å². The first kappa shape index (κ1) is 22.1. The van der Waals surface area contributed by atoms with Crippen LogP contribution in [-0.4, -0.2) is 21.1 Å². The minimum absolute atomic E-state index is 0.131. The highest BCUT2D eigenvalue weighted by Crippen LogP contribution is 2.33. The van der Waals surface area contributed by atoms with Crippen molar-refractivity contribution < 1.29 is 18.0 Å². The van der Waals surface area contributed by atoms with Gasteiger partial charge in [0.2, 0.25) is 5.91 Å². The number of aromatic nitrogens is 2. The Kier molecular flexibility index (Phi) is 6.67.